The van der Waals surface area contributed by atoms with Gasteiger partial charge in [-0.2, -0.15) is 0 Å². The number of benzene rings is 4. The third-order valence-corrected chi connectivity index (χ3v) is 16.9. The number of hydrogen-bond acceptors (Lipinski definition) is 8. The van der Waals surface area contributed by atoms with Crippen LogP contribution in [0.4, 0.5) is 0 Å². The Bertz CT molecular complexity index is 1770. The molecule has 8 rings (SSSR count). The van der Waals surface area contributed by atoms with Crippen LogP contribution in [-0.2, 0) is 32.8 Å². The normalized spacial score (nSPS) is 33.0. The number of hydrogen-bond donors (Lipinski definition) is 1. The summed E-state index contributed by atoms with van der Waals surface area (Å²) in [6.07, 6.45) is -0.349. The Balaban J connectivity index is 1.19. The molecular formula is C45H54O8Si. The van der Waals surface area contributed by atoms with E-state index in [1.807, 2.05) is 48.5 Å². The van der Waals surface area contributed by atoms with Gasteiger partial charge in [-0.1, -0.05) is 142 Å². The molecule has 4 aromatic rings. The minimum absolute atomic E-state index is 0.184. The lowest BCUT2D eigenvalue weighted by atomic mass is 9.83. The molecule has 8 nitrogen and oxygen atoms in total. The quantitative estimate of drug-likeness (QED) is 0.187. The number of methoxy groups -OCH3 is 1. The van der Waals surface area contributed by atoms with Crippen molar-refractivity contribution in [2.45, 2.75) is 119 Å². The van der Waals surface area contributed by atoms with Crippen LogP contribution in [0.1, 0.15) is 82.6 Å². The van der Waals surface area contributed by atoms with Crippen molar-refractivity contribution in [1.29, 1.82) is 0 Å². The van der Waals surface area contributed by atoms with Crippen molar-refractivity contribution in [3.8, 4) is 0 Å². The first-order valence-corrected chi connectivity index (χ1v) is 21.5. The van der Waals surface area contributed by atoms with Crippen molar-refractivity contribution in [2.24, 2.45) is 0 Å². The van der Waals surface area contributed by atoms with Gasteiger partial charge in [0.05, 0.1) is 18.8 Å². The zero-order valence-electron chi connectivity index (χ0n) is 31.8. The molecule has 0 bridgehead atoms. The van der Waals surface area contributed by atoms with Crippen LogP contribution in [0.3, 0.4) is 0 Å². The minimum Gasteiger partial charge on any atom is -0.405 e. The summed E-state index contributed by atoms with van der Waals surface area (Å²) in [4.78, 5) is 0. The second-order valence-electron chi connectivity index (χ2n) is 16.2. The maximum absolute atomic E-state index is 11.9. The highest BCUT2D eigenvalue weighted by molar-refractivity contribution is 6.99. The molecule has 4 aromatic carbocycles. The van der Waals surface area contributed by atoms with Crippen molar-refractivity contribution >= 4 is 18.7 Å². The molecule has 4 aliphatic rings. The highest BCUT2D eigenvalue weighted by Crippen LogP contribution is 2.56. The molecule has 9 atom stereocenters. The van der Waals surface area contributed by atoms with Gasteiger partial charge in [-0.3, -0.25) is 0 Å². The van der Waals surface area contributed by atoms with Gasteiger partial charge in [0, 0.05) is 20.0 Å². The smallest absolute Gasteiger partial charge is 0.261 e. The Labute approximate surface area is 320 Å². The fourth-order valence-electron chi connectivity index (χ4n) is 9.36. The Morgan fingerprint density at radius 2 is 1.09 bits per heavy atom. The zero-order valence-corrected chi connectivity index (χ0v) is 32.8. The molecule has 54 heavy (non-hydrogen) atoms. The molecule has 4 aliphatic heterocycles. The van der Waals surface area contributed by atoms with E-state index in [2.05, 4.69) is 93.6 Å². The van der Waals surface area contributed by atoms with E-state index in [-0.39, 0.29) is 23.9 Å². The van der Waals surface area contributed by atoms with Crippen molar-refractivity contribution in [3.63, 3.8) is 0 Å². The van der Waals surface area contributed by atoms with E-state index in [0.29, 0.717) is 12.8 Å². The molecule has 1 N–H and O–H groups in total. The molecule has 0 aliphatic carbocycles. The molecular weight excluding hydrogens is 697 g/mol. The minimum atomic E-state index is -2.96. The fourth-order valence-corrected chi connectivity index (χ4v) is 13.9. The zero-order chi connectivity index (χ0) is 37.4. The standard InChI is InChI=1S/C45H54O8Si/c1-43(2,3)54(34-23-13-7-14-24-34,35-25-15-8-16-26-35)48-31-38-40-41(39(46)42(47-4)49-38)53-45(30-18-28-37(51-45)33-21-11-6-12-22-33)44(52-40)29-17-27-36(50-44)32-19-9-5-10-20-32/h5-16,19-26,36-42,46H,17-18,27-31H2,1-4H3/t36-,37-,38+,39+,40+,41+,42-,44-,45-/m0/s1. The molecule has 0 unspecified atom stereocenters. The van der Waals surface area contributed by atoms with Crippen LogP contribution in [0, 0.1) is 0 Å². The number of rotatable bonds is 8. The molecule has 4 fully saturated rings. The fraction of sp³-hybridized carbons (Fsp3) is 0.467. The van der Waals surface area contributed by atoms with Crippen LogP contribution in [0.15, 0.2) is 121 Å². The summed E-state index contributed by atoms with van der Waals surface area (Å²) in [5.74, 6) is -2.57. The number of aliphatic hydroxyl groups excluding tert-OH is 1. The molecule has 4 heterocycles. The van der Waals surface area contributed by atoms with Gasteiger partial charge in [0.2, 0.25) is 11.6 Å². The first-order chi connectivity index (χ1) is 26.2. The Morgan fingerprint density at radius 3 is 1.54 bits per heavy atom. The van der Waals surface area contributed by atoms with Crippen LogP contribution < -0.4 is 10.4 Å². The number of ether oxygens (including phenoxy) is 6. The summed E-state index contributed by atoms with van der Waals surface area (Å²) >= 11 is 0. The van der Waals surface area contributed by atoms with Crippen molar-refractivity contribution in [3.05, 3.63) is 132 Å². The summed E-state index contributed by atoms with van der Waals surface area (Å²) in [6.45, 7) is 6.96. The lowest BCUT2D eigenvalue weighted by molar-refractivity contribution is -0.517. The van der Waals surface area contributed by atoms with Crippen LogP contribution in [0.25, 0.3) is 0 Å². The van der Waals surface area contributed by atoms with E-state index < -0.39 is 50.6 Å². The van der Waals surface area contributed by atoms with Gasteiger partial charge in [-0.15, -0.1) is 0 Å². The van der Waals surface area contributed by atoms with Gasteiger partial charge in [0.1, 0.15) is 24.4 Å². The molecule has 9 heteroatoms. The van der Waals surface area contributed by atoms with E-state index in [1.54, 1.807) is 7.11 Å². The Kier molecular flexibility index (Phi) is 10.7. The van der Waals surface area contributed by atoms with Crippen molar-refractivity contribution in [1.82, 2.24) is 0 Å². The maximum Gasteiger partial charge on any atom is 0.261 e. The average molecular weight is 751 g/mol. The molecule has 0 saturated carbocycles. The number of fused-ring (bicyclic) bond motifs is 2. The number of aliphatic hydroxyl groups is 1. The van der Waals surface area contributed by atoms with Gasteiger partial charge in [0.15, 0.2) is 6.29 Å². The van der Waals surface area contributed by atoms with Gasteiger partial charge >= 0.3 is 0 Å². The van der Waals surface area contributed by atoms with E-state index in [4.69, 9.17) is 32.8 Å². The third-order valence-electron chi connectivity index (χ3n) is 11.9. The molecule has 2 spiro atoms. The predicted octanol–water partition coefficient (Wildman–Crippen LogP) is 7.36. The molecule has 286 valence electrons. The Hall–Kier alpha value is -3.22. The van der Waals surface area contributed by atoms with E-state index >= 15 is 0 Å². The van der Waals surface area contributed by atoms with Crippen molar-refractivity contribution in [2.75, 3.05) is 13.7 Å². The highest BCUT2D eigenvalue weighted by atomic mass is 28.4. The molecule has 0 amide bonds. The van der Waals surface area contributed by atoms with Gasteiger partial charge < -0.3 is 38.0 Å². The van der Waals surface area contributed by atoms with E-state index in [0.717, 1.165) is 36.8 Å². The van der Waals surface area contributed by atoms with Gasteiger partial charge in [0.25, 0.3) is 8.32 Å². The lowest BCUT2D eigenvalue weighted by Crippen LogP contribution is -2.76. The summed E-state index contributed by atoms with van der Waals surface area (Å²) in [7, 11) is -1.42. The van der Waals surface area contributed by atoms with Crippen LogP contribution in [0.2, 0.25) is 5.04 Å². The maximum atomic E-state index is 11.9. The van der Waals surface area contributed by atoms with E-state index in [1.165, 1.54) is 10.4 Å². The third kappa shape index (κ3) is 6.71. The SMILES string of the molecule is CO[C@H]1O[C@H](CO[Si](c2ccccc2)(c2ccccc2)C(C)(C)C)[C@H]2O[C@@]3(CCC[C@@H](c4ccccc4)O3)[C@]3(CCC[C@@H](c4ccccc4)O3)O[C@@H]2[C@H]1O. The largest absolute Gasteiger partial charge is 0.405 e. The highest BCUT2D eigenvalue weighted by Gasteiger charge is 2.69. The molecule has 4 saturated heterocycles. The summed E-state index contributed by atoms with van der Waals surface area (Å²) in [6, 6.07) is 41.7. The monoisotopic (exact) mass is 750 g/mol. The second-order valence-corrected chi connectivity index (χ2v) is 20.5. The first-order valence-electron chi connectivity index (χ1n) is 19.6. The van der Waals surface area contributed by atoms with Crippen LogP contribution in [-0.4, -0.2) is 69.4 Å². The summed E-state index contributed by atoms with van der Waals surface area (Å²) in [5, 5.41) is 14.0. The second kappa shape index (κ2) is 15.4. The van der Waals surface area contributed by atoms with Crippen molar-refractivity contribution < 1.29 is 38.0 Å². The molecule has 0 radical (unpaired) electrons. The summed E-state index contributed by atoms with van der Waals surface area (Å²) < 4.78 is 48.9. The van der Waals surface area contributed by atoms with Crippen LogP contribution in [0.5, 0.6) is 0 Å². The first kappa shape index (κ1) is 37.7. The van der Waals surface area contributed by atoms with E-state index in [9.17, 15) is 5.11 Å². The average Bonchev–Trinajstić information content (AvgIpc) is 3.21. The molecule has 0 aromatic heterocycles. The van der Waals surface area contributed by atoms with Gasteiger partial charge in [-0.05, 0) is 52.2 Å². The summed E-state index contributed by atoms with van der Waals surface area (Å²) in [5.41, 5.74) is 2.16. The van der Waals surface area contributed by atoms with Gasteiger partial charge in [-0.25, -0.2) is 0 Å². The Morgan fingerprint density at radius 1 is 0.648 bits per heavy atom. The predicted molar refractivity (Wildman–Crippen MR) is 209 cm³/mol. The lowest BCUT2D eigenvalue weighted by Gasteiger charge is -2.62. The van der Waals surface area contributed by atoms with Crippen LogP contribution >= 0.6 is 0 Å². The topological polar surface area (TPSA) is 84.8 Å².